The lowest BCUT2D eigenvalue weighted by atomic mass is 9.82. The van der Waals surface area contributed by atoms with Crippen LogP contribution in [-0.2, 0) is 0 Å². The Balaban J connectivity index is 1.77. The van der Waals surface area contributed by atoms with Crippen LogP contribution in [-0.4, -0.2) is 23.7 Å². The van der Waals surface area contributed by atoms with Gasteiger partial charge in [-0.1, -0.05) is 6.07 Å². The van der Waals surface area contributed by atoms with Crippen molar-refractivity contribution in [1.82, 2.24) is 4.98 Å². The molecule has 0 spiro atoms. The van der Waals surface area contributed by atoms with Crippen LogP contribution < -0.4 is 11.1 Å². The molecule has 116 valence electrons. The maximum absolute atomic E-state index is 12.6. The molecule has 1 fully saturated rings. The summed E-state index contributed by atoms with van der Waals surface area (Å²) in [5, 5.41) is 2.85. The molecular formula is C14H19F3N4. The van der Waals surface area contributed by atoms with Crippen LogP contribution in [0.25, 0.3) is 0 Å². The van der Waals surface area contributed by atoms with E-state index in [9.17, 15) is 13.2 Å². The van der Waals surface area contributed by atoms with E-state index in [0.29, 0.717) is 25.2 Å². The van der Waals surface area contributed by atoms with E-state index in [1.54, 1.807) is 18.3 Å². The molecule has 0 aromatic carbocycles. The molecule has 0 amide bonds. The summed E-state index contributed by atoms with van der Waals surface area (Å²) in [4.78, 5) is 8.25. The van der Waals surface area contributed by atoms with Crippen molar-refractivity contribution in [2.75, 3.05) is 11.9 Å². The lowest BCUT2D eigenvalue weighted by Crippen LogP contribution is -2.29. The predicted molar refractivity (Wildman–Crippen MR) is 75.9 cm³/mol. The largest absolute Gasteiger partial charge is 0.391 e. The molecule has 1 aliphatic carbocycles. The Morgan fingerprint density at radius 2 is 2.00 bits per heavy atom. The topological polar surface area (TPSA) is 63.3 Å². The zero-order valence-corrected chi connectivity index (χ0v) is 11.6. The lowest BCUT2D eigenvalue weighted by Gasteiger charge is -2.29. The maximum atomic E-state index is 12.6. The number of halogens is 3. The molecular weight excluding hydrogens is 281 g/mol. The van der Waals surface area contributed by atoms with Crippen LogP contribution >= 0.6 is 0 Å². The Kier molecular flexibility index (Phi) is 5.03. The van der Waals surface area contributed by atoms with Crippen LogP contribution in [0.2, 0.25) is 0 Å². The monoisotopic (exact) mass is 300 g/mol. The SMILES string of the molecule is NC(=NCC1CCC(C(F)(F)F)CC1)Nc1ccccn1. The third kappa shape index (κ3) is 4.91. The Morgan fingerprint density at radius 3 is 2.57 bits per heavy atom. The average molecular weight is 300 g/mol. The van der Waals surface area contributed by atoms with Gasteiger partial charge >= 0.3 is 6.18 Å². The molecule has 0 atom stereocenters. The van der Waals surface area contributed by atoms with Gasteiger partial charge in [-0.25, -0.2) is 4.98 Å². The van der Waals surface area contributed by atoms with Gasteiger partial charge in [-0.05, 0) is 43.7 Å². The summed E-state index contributed by atoms with van der Waals surface area (Å²) in [5.41, 5.74) is 5.74. The van der Waals surface area contributed by atoms with Gasteiger partial charge in [0.25, 0.3) is 0 Å². The Bertz CT molecular complexity index is 465. The summed E-state index contributed by atoms with van der Waals surface area (Å²) in [6.45, 7) is 0.455. The van der Waals surface area contributed by atoms with E-state index >= 15 is 0 Å². The van der Waals surface area contributed by atoms with Crippen LogP contribution in [0.15, 0.2) is 29.4 Å². The number of aliphatic imine (C=N–C) groups is 1. The third-order valence-electron chi connectivity index (χ3n) is 3.75. The molecule has 3 N–H and O–H groups in total. The number of rotatable bonds is 3. The lowest BCUT2D eigenvalue weighted by molar-refractivity contribution is -0.183. The highest BCUT2D eigenvalue weighted by atomic mass is 19.4. The van der Waals surface area contributed by atoms with E-state index in [2.05, 4.69) is 15.3 Å². The number of nitrogens with two attached hydrogens (primary N) is 1. The fourth-order valence-electron chi connectivity index (χ4n) is 2.51. The molecule has 0 saturated heterocycles. The van der Waals surface area contributed by atoms with Gasteiger partial charge in [-0.15, -0.1) is 0 Å². The number of hydrogen-bond acceptors (Lipinski definition) is 2. The van der Waals surface area contributed by atoms with E-state index in [1.807, 2.05) is 6.07 Å². The summed E-state index contributed by atoms with van der Waals surface area (Å²) in [5.74, 6) is -0.138. The van der Waals surface area contributed by atoms with Gasteiger partial charge in [-0.2, -0.15) is 13.2 Å². The van der Waals surface area contributed by atoms with Crippen molar-refractivity contribution in [2.24, 2.45) is 22.6 Å². The summed E-state index contributed by atoms with van der Waals surface area (Å²) in [6.07, 6.45) is -0.953. The molecule has 1 aromatic rings. The molecule has 4 nitrogen and oxygen atoms in total. The van der Waals surface area contributed by atoms with Gasteiger partial charge < -0.3 is 11.1 Å². The van der Waals surface area contributed by atoms with Crippen LogP contribution in [0.3, 0.4) is 0 Å². The standard InChI is InChI=1S/C14H19F3N4/c15-14(16,17)11-6-4-10(5-7-11)9-20-13(18)21-12-3-1-2-8-19-12/h1-3,8,10-11H,4-7,9H2,(H3,18,19,20,21). The number of pyridine rings is 1. The molecule has 0 unspecified atom stereocenters. The van der Waals surface area contributed by atoms with Gasteiger partial charge in [0.05, 0.1) is 5.92 Å². The first-order valence-corrected chi connectivity index (χ1v) is 7.00. The molecule has 1 saturated carbocycles. The fourth-order valence-corrected chi connectivity index (χ4v) is 2.51. The highest BCUT2D eigenvalue weighted by Gasteiger charge is 2.41. The van der Waals surface area contributed by atoms with Crippen molar-refractivity contribution >= 4 is 11.8 Å². The summed E-state index contributed by atoms with van der Waals surface area (Å²) in [7, 11) is 0. The Hall–Kier alpha value is -1.79. The van der Waals surface area contributed by atoms with Gasteiger partial charge in [-0.3, -0.25) is 4.99 Å². The number of anilines is 1. The van der Waals surface area contributed by atoms with Crippen molar-refractivity contribution in [1.29, 1.82) is 0 Å². The number of guanidine groups is 1. The number of hydrogen-bond donors (Lipinski definition) is 2. The van der Waals surface area contributed by atoms with E-state index < -0.39 is 12.1 Å². The molecule has 0 aliphatic heterocycles. The first-order valence-electron chi connectivity index (χ1n) is 7.00. The maximum Gasteiger partial charge on any atom is 0.391 e. The zero-order valence-electron chi connectivity index (χ0n) is 11.6. The Morgan fingerprint density at radius 1 is 1.29 bits per heavy atom. The minimum Gasteiger partial charge on any atom is -0.370 e. The molecule has 0 bridgehead atoms. The summed E-state index contributed by atoms with van der Waals surface area (Å²) < 4.78 is 37.7. The first kappa shape index (κ1) is 15.6. The summed E-state index contributed by atoms with van der Waals surface area (Å²) in [6, 6.07) is 5.37. The quantitative estimate of drug-likeness (QED) is 0.665. The van der Waals surface area contributed by atoms with Crippen LogP contribution in [0.1, 0.15) is 25.7 Å². The van der Waals surface area contributed by atoms with Crippen LogP contribution in [0, 0.1) is 11.8 Å². The second kappa shape index (κ2) is 6.78. The highest BCUT2D eigenvalue weighted by molar-refractivity contribution is 5.91. The smallest absolute Gasteiger partial charge is 0.370 e. The number of alkyl halides is 3. The van der Waals surface area contributed by atoms with Crippen molar-refractivity contribution in [2.45, 2.75) is 31.9 Å². The van der Waals surface area contributed by atoms with E-state index in [1.165, 1.54) is 0 Å². The first-order chi connectivity index (χ1) is 9.95. The highest BCUT2D eigenvalue weighted by Crippen LogP contribution is 2.39. The third-order valence-corrected chi connectivity index (χ3v) is 3.75. The molecule has 1 aromatic heterocycles. The van der Waals surface area contributed by atoms with Crippen LogP contribution in [0.4, 0.5) is 19.0 Å². The molecule has 1 heterocycles. The normalized spacial score (nSPS) is 23.9. The van der Waals surface area contributed by atoms with E-state index in [4.69, 9.17) is 5.73 Å². The number of nitrogens with zero attached hydrogens (tertiary/aromatic N) is 2. The van der Waals surface area contributed by atoms with Gasteiger partial charge in [0.15, 0.2) is 5.96 Å². The number of nitrogens with one attached hydrogen (secondary N) is 1. The Labute approximate surface area is 121 Å². The predicted octanol–water partition coefficient (Wildman–Crippen LogP) is 3.18. The summed E-state index contributed by atoms with van der Waals surface area (Å²) >= 11 is 0. The minimum absolute atomic E-state index is 0.174. The minimum atomic E-state index is -4.06. The zero-order chi connectivity index (χ0) is 15.3. The van der Waals surface area contributed by atoms with Crippen molar-refractivity contribution in [3.63, 3.8) is 0 Å². The average Bonchev–Trinajstić information content (AvgIpc) is 2.46. The van der Waals surface area contributed by atoms with E-state index in [0.717, 1.165) is 0 Å². The van der Waals surface area contributed by atoms with Crippen LogP contribution in [0.5, 0.6) is 0 Å². The molecule has 2 rings (SSSR count). The second-order valence-electron chi connectivity index (χ2n) is 5.33. The molecule has 1 aliphatic rings. The van der Waals surface area contributed by atoms with Gasteiger partial charge in [0.1, 0.15) is 5.82 Å². The molecule has 21 heavy (non-hydrogen) atoms. The van der Waals surface area contributed by atoms with Crippen molar-refractivity contribution in [3.05, 3.63) is 24.4 Å². The van der Waals surface area contributed by atoms with Crippen molar-refractivity contribution in [3.8, 4) is 0 Å². The second-order valence-corrected chi connectivity index (χ2v) is 5.33. The van der Waals surface area contributed by atoms with Gasteiger partial charge in [0, 0.05) is 12.7 Å². The molecule has 7 heteroatoms. The fraction of sp³-hybridized carbons (Fsp3) is 0.571. The van der Waals surface area contributed by atoms with Crippen molar-refractivity contribution < 1.29 is 13.2 Å². The molecule has 0 radical (unpaired) electrons. The number of aromatic nitrogens is 1. The van der Waals surface area contributed by atoms with E-state index in [-0.39, 0.29) is 24.7 Å². The van der Waals surface area contributed by atoms with Gasteiger partial charge in [0.2, 0.25) is 0 Å².